The summed E-state index contributed by atoms with van der Waals surface area (Å²) >= 11 is 5.53. The minimum atomic E-state index is -1.03. The number of benzene rings is 1. The fourth-order valence-electron chi connectivity index (χ4n) is 1.39. The highest BCUT2D eigenvalue weighted by molar-refractivity contribution is 6.19. The van der Waals surface area contributed by atoms with Gasteiger partial charge in [0, 0.05) is 5.88 Å². The van der Waals surface area contributed by atoms with E-state index in [1.807, 2.05) is 0 Å². The number of carbonyl (C=O) groups is 1. The fourth-order valence-corrected chi connectivity index (χ4v) is 1.48. The summed E-state index contributed by atoms with van der Waals surface area (Å²) in [4.78, 5) is 11.1. The van der Waals surface area contributed by atoms with Crippen molar-refractivity contribution in [3.63, 3.8) is 0 Å². The zero-order valence-corrected chi connectivity index (χ0v) is 10.3. The molecule has 92 valence electrons. The van der Waals surface area contributed by atoms with Gasteiger partial charge in [0.05, 0.1) is 19.8 Å². The molecule has 1 rings (SSSR count). The smallest absolute Gasteiger partial charge is 0.336 e. The van der Waals surface area contributed by atoms with Gasteiger partial charge in [-0.2, -0.15) is 0 Å². The maximum Gasteiger partial charge on any atom is 0.336 e. The summed E-state index contributed by atoms with van der Waals surface area (Å²) in [6, 6.07) is 3.03. The number of hydrogen-bond donors (Lipinski definition) is 1. The van der Waals surface area contributed by atoms with Crippen molar-refractivity contribution >= 4 is 23.6 Å². The fraction of sp³-hybridized carbons (Fsp3) is 0.250. The number of aromatic carboxylic acids is 1. The first-order valence-electron chi connectivity index (χ1n) is 4.85. The van der Waals surface area contributed by atoms with Crippen LogP contribution in [0.15, 0.2) is 18.2 Å². The van der Waals surface area contributed by atoms with E-state index >= 15 is 0 Å². The van der Waals surface area contributed by atoms with Gasteiger partial charge in [0.25, 0.3) is 0 Å². The van der Waals surface area contributed by atoms with Gasteiger partial charge in [0.2, 0.25) is 0 Å². The molecule has 0 saturated carbocycles. The van der Waals surface area contributed by atoms with Crippen molar-refractivity contribution in [2.45, 2.75) is 0 Å². The number of hydrogen-bond acceptors (Lipinski definition) is 3. The van der Waals surface area contributed by atoms with Crippen molar-refractivity contribution in [1.82, 2.24) is 0 Å². The van der Waals surface area contributed by atoms with Crippen LogP contribution in [0.4, 0.5) is 0 Å². The summed E-state index contributed by atoms with van der Waals surface area (Å²) in [7, 11) is 2.95. The van der Waals surface area contributed by atoms with Gasteiger partial charge in [-0.15, -0.1) is 11.6 Å². The molecule has 0 bridgehead atoms. The van der Waals surface area contributed by atoms with Gasteiger partial charge in [0.1, 0.15) is 0 Å². The second-order valence-electron chi connectivity index (χ2n) is 3.16. The number of halogens is 1. The number of allylic oxidation sites excluding steroid dienone is 1. The molecular formula is C12H13ClO4. The third kappa shape index (κ3) is 3.14. The Labute approximate surface area is 104 Å². The lowest BCUT2D eigenvalue weighted by atomic mass is 10.1. The van der Waals surface area contributed by atoms with E-state index < -0.39 is 5.97 Å². The molecule has 0 heterocycles. The second-order valence-corrected chi connectivity index (χ2v) is 3.46. The van der Waals surface area contributed by atoms with Gasteiger partial charge in [-0.05, 0) is 17.7 Å². The molecule has 1 aromatic rings. The number of carboxylic acid groups (broad SMARTS) is 1. The molecule has 0 aromatic heterocycles. The number of alkyl halides is 1. The standard InChI is InChI=1S/C12H13ClO4/c1-16-10-6-8(4-3-5-13)9(12(14)15)7-11(10)17-2/h3-4,6-7H,5H2,1-2H3,(H,14,15). The zero-order valence-electron chi connectivity index (χ0n) is 9.57. The third-order valence-corrected chi connectivity index (χ3v) is 2.35. The Kier molecular flexibility index (Phi) is 4.84. The molecule has 0 unspecified atom stereocenters. The lowest BCUT2D eigenvalue weighted by Crippen LogP contribution is -2.02. The molecule has 0 saturated heterocycles. The van der Waals surface area contributed by atoms with Crippen LogP contribution in [-0.4, -0.2) is 31.2 Å². The van der Waals surface area contributed by atoms with Gasteiger partial charge in [0.15, 0.2) is 11.5 Å². The molecule has 0 atom stereocenters. The Morgan fingerprint density at radius 3 is 2.41 bits per heavy atom. The maximum atomic E-state index is 11.1. The summed E-state index contributed by atoms with van der Waals surface area (Å²) in [6.07, 6.45) is 3.30. The van der Waals surface area contributed by atoms with Gasteiger partial charge >= 0.3 is 5.97 Å². The highest BCUT2D eigenvalue weighted by atomic mass is 35.5. The Balaban J connectivity index is 3.34. The maximum absolute atomic E-state index is 11.1. The molecule has 0 fully saturated rings. The van der Waals surface area contributed by atoms with E-state index in [0.29, 0.717) is 22.9 Å². The highest BCUT2D eigenvalue weighted by Gasteiger charge is 2.14. The molecule has 0 amide bonds. The first-order chi connectivity index (χ1) is 8.13. The van der Waals surface area contributed by atoms with E-state index in [1.54, 1.807) is 18.2 Å². The minimum Gasteiger partial charge on any atom is -0.493 e. The predicted molar refractivity (Wildman–Crippen MR) is 66.3 cm³/mol. The van der Waals surface area contributed by atoms with Crippen molar-refractivity contribution < 1.29 is 19.4 Å². The number of ether oxygens (including phenoxy) is 2. The molecule has 0 radical (unpaired) electrons. The molecule has 1 aromatic carbocycles. The van der Waals surface area contributed by atoms with Crippen LogP contribution in [0.25, 0.3) is 6.08 Å². The van der Waals surface area contributed by atoms with E-state index in [2.05, 4.69) is 0 Å². The normalized spacial score (nSPS) is 10.5. The number of carboxylic acids is 1. The van der Waals surface area contributed by atoms with Crippen molar-refractivity contribution in [2.75, 3.05) is 20.1 Å². The first kappa shape index (κ1) is 13.4. The Hall–Kier alpha value is -1.68. The van der Waals surface area contributed by atoms with Crippen LogP contribution in [0, 0.1) is 0 Å². The molecular weight excluding hydrogens is 244 g/mol. The molecule has 1 N–H and O–H groups in total. The van der Waals surface area contributed by atoms with Crippen LogP contribution in [0.5, 0.6) is 11.5 Å². The van der Waals surface area contributed by atoms with Crippen molar-refractivity contribution in [2.24, 2.45) is 0 Å². The molecule has 0 aliphatic heterocycles. The molecule has 5 heteroatoms. The summed E-state index contributed by atoms with van der Waals surface area (Å²) in [5.41, 5.74) is 0.666. The van der Waals surface area contributed by atoms with E-state index in [9.17, 15) is 4.79 Å². The summed E-state index contributed by atoms with van der Waals surface area (Å²) in [6.45, 7) is 0. The lowest BCUT2D eigenvalue weighted by Gasteiger charge is -2.10. The van der Waals surface area contributed by atoms with Crippen LogP contribution in [-0.2, 0) is 0 Å². The number of methoxy groups -OCH3 is 2. The predicted octanol–water partition coefficient (Wildman–Crippen LogP) is 2.65. The first-order valence-corrected chi connectivity index (χ1v) is 5.39. The SMILES string of the molecule is COc1cc(C=CCCl)c(C(=O)O)cc1OC. The largest absolute Gasteiger partial charge is 0.493 e. The second kappa shape index (κ2) is 6.15. The summed E-state index contributed by atoms with van der Waals surface area (Å²) < 4.78 is 10.2. The van der Waals surface area contributed by atoms with Crippen molar-refractivity contribution in [1.29, 1.82) is 0 Å². The van der Waals surface area contributed by atoms with Gasteiger partial charge in [-0.25, -0.2) is 4.79 Å². The monoisotopic (exact) mass is 256 g/mol. The van der Waals surface area contributed by atoms with Crippen LogP contribution < -0.4 is 9.47 Å². The molecule has 0 spiro atoms. The Bertz CT molecular complexity index is 440. The Morgan fingerprint density at radius 2 is 1.94 bits per heavy atom. The van der Waals surface area contributed by atoms with Crippen molar-refractivity contribution in [3.8, 4) is 11.5 Å². The third-order valence-electron chi connectivity index (χ3n) is 2.17. The van der Waals surface area contributed by atoms with Gasteiger partial charge in [-0.3, -0.25) is 0 Å². The van der Waals surface area contributed by atoms with E-state index in [0.717, 1.165) is 0 Å². The average molecular weight is 257 g/mol. The van der Waals surface area contributed by atoms with Crippen LogP contribution in [0.3, 0.4) is 0 Å². The van der Waals surface area contributed by atoms with E-state index in [1.165, 1.54) is 20.3 Å². The molecule has 0 aliphatic carbocycles. The minimum absolute atomic E-state index is 0.143. The summed E-state index contributed by atoms with van der Waals surface area (Å²) in [5, 5.41) is 9.09. The lowest BCUT2D eigenvalue weighted by molar-refractivity contribution is 0.0696. The van der Waals surface area contributed by atoms with Crippen LogP contribution in [0.1, 0.15) is 15.9 Å². The molecule has 4 nitrogen and oxygen atoms in total. The quantitative estimate of drug-likeness (QED) is 0.823. The highest BCUT2D eigenvalue weighted by Crippen LogP contribution is 2.31. The van der Waals surface area contributed by atoms with E-state index in [-0.39, 0.29) is 5.56 Å². The van der Waals surface area contributed by atoms with Crippen LogP contribution >= 0.6 is 11.6 Å². The van der Waals surface area contributed by atoms with Crippen LogP contribution in [0.2, 0.25) is 0 Å². The average Bonchev–Trinajstić information content (AvgIpc) is 2.34. The molecule has 17 heavy (non-hydrogen) atoms. The van der Waals surface area contributed by atoms with Crippen molar-refractivity contribution in [3.05, 3.63) is 29.3 Å². The molecule has 0 aliphatic rings. The summed E-state index contributed by atoms with van der Waals surface area (Å²) in [5.74, 6) is 0.146. The van der Waals surface area contributed by atoms with E-state index in [4.69, 9.17) is 26.2 Å². The topological polar surface area (TPSA) is 55.8 Å². The number of rotatable bonds is 5. The van der Waals surface area contributed by atoms with Gasteiger partial charge < -0.3 is 14.6 Å². The Morgan fingerprint density at radius 1 is 1.35 bits per heavy atom. The van der Waals surface area contributed by atoms with Gasteiger partial charge in [-0.1, -0.05) is 12.2 Å². The zero-order chi connectivity index (χ0) is 12.8.